The molecule has 106 valence electrons. The van der Waals surface area contributed by atoms with E-state index in [9.17, 15) is 9.90 Å². The number of fused-ring (bicyclic) bond motifs is 1. The minimum atomic E-state index is -1.24. The summed E-state index contributed by atoms with van der Waals surface area (Å²) in [5.74, 6) is -0.479. The summed E-state index contributed by atoms with van der Waals surface area (Å²) in [5.41, 5.74) is 2.33. The predicted octanol–water partition coefficient (Wildman–Crippen LogP) is -1.16. The van der Waals surface area contributed by atoms with E-state index in [1.54, 1.807) is 7.11 Å². The molecule has 0 aliphatic rings. The van der Waals surface area contributed by atoms with Gasteiger partial charge in [-0.15, -0.1) is 11.3 Å². The Hall–Kier alpha value is -1.60. The molecule has 0 saturated carbocycles. The van der Waals surface area contributed by atoms with Crippen molar-refractivity contribution >= 4 is 28.3 Å². The number of carbonyl (C=O) groups excluding carboxylic acids is 1. The van der Waals surface area contributed by atoms with Gasteiger partial charge in [0.1, 0.15) is 5.75 Å². The van der Waals surface area contributed by atoms with Crippen LogP contribution in [-0.4, -0.2) is 22.5 Å². The normalized spacial score (nSPS) is 10.8. The van der Waals surface area contributed by atoms with Gasteiger partial charge in [0.2, 0.25) is 0 Å². The van der Waals surface area contributed by atoms with Crippen molar-refractivity contribution in [1.29, 1.82) is 0 Å². The van der Waals surface area contributed by atoms with Gasteiger partial charge in [0, 0.05) is 17.1 Å². The first-order valence-corrected chi connectivity index (χ1v) is 7.06. The van der Waals surface area contributed by atoms with Crippen LogP contribution < -0.4 is 39.4 Å². The average molecular weight is 322 g/mol. The largest absolute Gasteiger partial charge is 1.00 e. The molecule has 3 rings (SSSR count). The van der Waals surface area contributed by atoms with E-state index in [2.05, 4.69) is 4.98 Å². The van der Waals surface area contributed by atoms with Gasteiger partial charge in [-0.25, -0.2) is 4.98 Å². The Kier molecular flexibility index (Phi) is 5.42. The number of carboxylic acids is 1. The van der Waals surface area contributed by atoms with Gasteiger partial charge in [-0.3, -0.25) is 4.40 Å². The van der Waals surface area contributed by atoms with Gasteiger partial charge in [-0.05, 0) is 36.4 Å². The van der Waals surface area contributed by atoms with E-state index in [-0.39, 0.29) is 29.6 Å². The average Bonchev–Trinajstić information content (AvgIpc) is 3.06. The molecule has 0 N–H and O–H groups in total. The smallest absolute Gasteiger partial charge is 0.545 e. The molecule has 5 nitrogen and oxygen atoms in total. The molecule has 3 aromatic rings. The quantitative estimate of drug-likeness (QED) is 0.449. The molecule has 7 heteroatoms. The SMILES string of the molecule is COc1ccc(-c2nc3sccn3c2/C=C/C(=O)[O-])cc1.[Na+]. The molecule has 0 saturated heterocycles. The van der Waals surface area contributed by atoms with Crippen molar-refractivity contribution in [2.24, 2.45) is 0 Å². The van der Waals surface area contributed by atoms with Crippen LogP contribution in [0.15, 0.2) is 41.9 Å². The third kappa shape index (κ3) is 3.25. The minimum absolute atomic E-state index is 0. The van der Waals surface area contributed by atoms with Crippen molar-refractivity contribution in [1.82, 2.24) is 9.38 Å². The van der Waals surface area contributed by atoms with Crippen LogP contribution >= 0.6 is 11.3 Å². The fraction of sp³-hybridized carbons (Fsp3) is 0.0667. The number of rotatable bonds is 4. The Morgan fingerprint density at radius 1 is 1.36 bits per heavy atom. The van der Waals surface area contributed by atoms with Crippen LogP contribution in [-0.2, 0) is 4.79 Å². The van der Waals surface area contributed by atoms with Crippen molar-refractivity contribution < 1.29 is 44.2 Å². The molecule has 22 heavy (non-hydrogen) atoms. The van der Waals surface area contributed by atoms with Crippen LogP contribution in [0.4, 0.5) is 0 Å². The molecule has 2 heterocycles. The Morgan fingerprint density at radius 2 is 2.09 bits per heavy atom. The molecule has 0 aliphatic carbocycles. The molecule has 0 unspecified atom stereocenters. The number of ether oxygens (including phenoxy) is 1. The molecule has 0 amide bonds. The van der Waals surface area contributed by atoms with Crippen LogP contribution in [0, 0.1) is 0 Å². The van der Waals surface area contributed by atoms with Crippen molar-refractivity contribution in [2.45, 2.75) is 0 Å². The zero-order chi connectivity index (χ0) is 14.8. The fourth-order valence-corrected chi connectivity index (χ4v) is 2.79. The number of nitrogens with zero attached hydrogens (tertiary/aromatic N) is 2. The first-order valence-electron chi connectivity index (χ1n) is 6.18. The zero-order valence-corrected chi connectivity index (χ0v) is 15.0. The van der Waals surface area contributed by atoms with Crippen LogP contribution in [0.5, 0.6) is 5.75 Å². The van der Waals surface area contributed by atoms with E-state index in [1.165, 1.54) is 17.4 Å². The van der Waals surface area contributed by atoms with Crippen LogP contribution in [0.2, 0.25) is 0 Å². The molecular weight excluding hydrogens is 311 g/mol. The number of carbonyl (C=O) groups is 1. The third-order valence-electron chi connectivity index (χ3n) is 3.04. The molecule has 2 aromatic heterocycles. The minimum Gasteiger partial charge on any atom is -0.545 e. The molecule has 0 aliphatic heterocycles. The summed E-state index contributed by atoms with van der Waals surface area (Å²) in [5, 5.41) is 12.6. The first kappa shape index (κ1) is 16.8. The first-order chi connectivity index (χ1) is 10.2. The summed E-state index contributed by atoms with van der Waals surface area (Å²) in [6.07, 6.45) is 4.37. The van der Waals surface area contributed by atoms with E-state index in [1.807, 2.05) is 40.2 Å². The van der Waals surface area contributed by atoms with E-state index in [0.29, 0.717) is 5.69 Å². The Bertz CT molecular complexity index is 821. The second kappa shape index (κ2) is 7.11. The van der Waals surface area contributed by atoms with Crippen molar-refractivity contribution in [3.8, 4) is 17.0 Å². The standard InChI is InChI=1S/C15H12N2O3S.Na/c1-20-11-4-2-10(3-5-11)14-12(6-7-13(18)19)17-8-9-21-15(17)16-14;/h2-9H,1H3,(H,18,19);/q;+1/p-1/b7-6+;. The summed E-state index contributed by atoms with van der Waals surface area (Å²) in [4.78, 5) is 16.0. The summed E-state index contributed by atoms with van der Waals surface area (Å²) in [6.45, 7) is 0. The molecule has 0 bridgehead atoms. The summed E-state index contributed by atoms with van der Waals surface area (Å²) < 4.78 is 6.99. The van der Waals surface area contributed by atoms with Gasteiger partial charge in [0.15, 0.2) is 4.96 Å². The fourth-order valence-electron chi connectivity index (χ4n) is 2.07. The van der Waals surface area contributed by atoms with E-state index in [4.69, 9.17) is 4.74 Å². The molecule has 1 aromatic carbocycles. The molecule has 0 fully saturated rings. The second-order valence-electron chi connectivity index (χ2n) is 4.28. The number of thiazole rings is 1. The Balaban J connectivity index is 0.00000176. The maximum absolute atomic E-state index is 10.7. The van der Waals surface area contributed by atoms with Gasteiger partial charge < -0.3 is 14.6 Å². The molecule has 0 radical (unpaired) electrons. The number of benzene rings is 1. The number of hydrogen-bond donors (Lipinski definition) is 0. The maximum atomic E-state index is 10.7. The van der Waals surface area contributed by atoms with Gasteiger partial charge in [0.05, 0.1) is 24.5 Å². The monoisotopic (exact) mass is 322 g/mol. The van der Waals surface area contributed by atoms with Crippen LogP contribution in [0.25, 0.3) is 22.3 Å². The Morgan fingerprint density at radius 3 is 2.73 bits per heavy atom. The number of aromatic nitrogens is 2. The van der Waals surface area contributed by atoms with Crippen molar-refractivity contribution in [2.75, 3.05) is 7.11 Å². The maximum Gasteiger partial charge on any atom is 1.00 e. The van der Waals surface area contributed by atoms with Gasteiger partial charge in [-0.1, -0.05) is 0 Å². The number of methoxy groups -OCH3 is 1. The third-order valence-corrected chi connectivity index (χ3v) is 3.80. The van der Waals surface area contributed by atoms with Crippen molar-refractivity contribution in [3.63, 3.8) is 0 Å². The van der Waals surface area contributed by atoms with Crippen LogP contribution in [0.3, 0.4) is 0 Å². The second-order valence-corrected chi connectivity index (χ2v) is 5.16. The predicted molar refractivity (Wildman–Crippen MR) is 79.1 cm³/mol. The summed E-state index contributed by atoms with van der Waals surface area (Å²) in [7, 11) is 1.61. The van der Waals surface area contributed by atoms with E-state index in [0.717, 1.165) is 28.0 Å². The number of carboxylic acid groups (broad SMARTS) is 1. The Labute approximate surface area is 153 Å². The van der Waals surface area contributed by atoms with Gasteiger partial charge >= 0.3 is 29.6 Å². The topological polar surface area (TPSA) is 66.7 Å². The van der Waals surface area contributed by atoms with Gasteiger partial charge in [0.25, 0.3) is 0 Å². The molecule has 0 atom stereocenters. The number of imidazole rings is 1. The van der Waals surface area contributed by atoms with Gasteiger partial charge in [-0.2, -0.15) is 0 Å². The number of aliphatic carboxylic acids is 1. The molecule has 0 spiro atoms. The summed E-state index contributed by atoms with van der Waals surface area (Å²) in [6, 6.07) is 7.47. The van der Waals surface area contributed by atoms with E-state index >= 15 is 0 Å². The number of hydrogen-bond acceptors (Lipinski definition) is 5. The summed E-state index contributed by atoms with van der Waals surface area (Å²) >= 11 is 1.49. The van der Waals surface area contributed by atoms with E-state index < -0.39 is 5.97 Å². The van der Waals surface area contributed by atoms with Crippen LogP contribution in [0.1, 0.15) is 5.69 Å². The van der Waals surface area contributed by atoms with Crippen molar-refractivity contribution in [3.05, 3.63) is 47.6 Å². The molecular formula is C15H11N2NaO3S. The zero-order valence-electron chi connectivity index (χ0n) is 12.1.